The van der Waals surface area contributed by atoms with Crippen molar-refractivity contribution in [3.05, 3.63) is 17.5 Å². The molecule has 2 saturated carbocycles. The first-order valence-corrected chi connectivity index (χ1v) is 8.40. The summed E-state index contributed by atoms with van der Waals surface area (Å²) in [6.45, 7) is 7.02. The minimum absolute atomic E-state index is 0.0522. The zero-order valence-corrected chi connectivity index (χ0v) is 13.4. The smallest absolute Gasteiger partial charge is 0.220 e. The average Bonchev–Trinajstić information content (AvgIpc) is 3.13. The summed E-state index contributed by atoms with van der Waals surface area (Å²) >= 11 is 0. The van der Waals surface area contributed by atoms with Crippen LogP contribution in [0.5, 0.6) is 0 Å². The van der Waals surface area contributed by atoms with Crippen molar-refractivity contribution >= 4 is 5.91 Å². The van der Waals surface area contributed by atoms with Crippen LogP contribution in [0.2, 0.25) is 0 Å². The Bertz CT molecular complexity index is 522. The number of aromatic nitrogens is 2. The van der Waals surface area contributed by atoms with Crippen molar-refractivity contribution < 1.29 is 4.79 Å². The van der Waals surface area contributed by atoms with E-state index in [1.807, 2.05) is 11.6 Å². The molecule has 2 bridgehead atoms. The van der Waals surface area contributed by atoms with Crippen LogP contribution in [0.3, 0.4) is 0 Å². The summed E-state index contributed by atoms with van der Waals surface area (Å²) in [7, 11) is 0. The zero-order chi connectivity index (χ0) is 15.0. The number of nitrogens with one attached hydrogen (secondary N) is 1. The zero-order valence-electron chi connectivity index (χ0n) is 13.4. The molecule has 1 amide bonds. The number of rotatable bonds is 5. The van der Waals surface area contributed by atoms with Crippen LogP contribution in [0.25, 0.3) is 0 Å². The van der Waals surface area contributed by atoms with Crippen LogP contribution in [0.15, 0.2) is 6.20 Å². The summed E-state index contributed by atoms with van der Waals surface area (Å²) < 4.78 is 1.93. The molecule has 4 unspecified atom stereocenters. The second-order valence-corrected chi connectivity index (χ2v) is 6.95. The molecule has 4 nitrogen and oxygen atoms in total. The topological polar surface area (TPSA) is 46.9 Å². The lowest BCUT2D eigenvalue weighted by Gasteiger charge is -2.22. The van der Waals surface area contributed by atoms with Gasteiger partial charge in [-0.3, -0.25) is 9.48 Å². The summed E-state index contributed by atoms with van der Waals surface area (Å²) in [5.74, 6) is 2.58. The molecule has 4 heteroatoms. The van der Waals surface area contributed by atoms with Gasteiger partial charge >= 0.3 is 0 Å². The predicted molar refractivity (Wildman–Crippen MR) is 82.8 cm³/mol. The summed E-state index contributed by atoms with van der Waals surface area (Å²) in [5.41, 5.74) is 2.16. The van der Waals surface area contributed by atoms with Gasteiger partial charge in [-0.25, -0.2) is 0 Å². The Morgan fingerprint density at radius 2 is 2.29 bits per heavy atom. The van der Waals surface area contributed by atoms with Gasteiger partial charge < -0.3 is 5.32 Å². The standard InChI is InChI=1S/C17H27N3O/c1-4-20-10-16(12(3)19-20)11(2)18-17(21)9-15-8-13-5-6-14(15)7-13/h10-11,13-15H,4-9H2,1-3H3,(H,18,21). The van der Waals surface area contributed by atoms with Gasteiger partial charge in [0.2, 0.25) is 5.91 Å². The molecule has 1 N–H and O–H groups in total. The third kappa shape index (κ3) is 2.99. The summed E-state index contributed by atoms with van der Waals surface area (Å²) in [6.07, 6.45) is 8.16. The van der Waals surface area contributed by atoms with E-state index in [0.717, 1.165) is 29.6 Å². The third-order valence-electron chi connectivity index (χ3n) is 5.48. The minimum atomic E-state index is 0.0522. The van der Waals surface area contributed by atoms with Gasteiger partial charge in [0.05, 0.1) is 11.7 Å². The normalized spacial score (nSPS) is 28.8. The van der Waals surface area contributed by atoms with Gasteiger partial charge in [0.1, 0.15) is 0 Å². The number of nitrogens with zero attached hydrogens (tertiary/aromatic N) is 2. The highest BCUT2D eigenvalue weighted by Gasteiger charge is 2.40. The van der Waals surface area contributed by atoms with E-state index < -0.39 is 0 Å². The monoisotopic (exact) mass is 289 g/mol. The van der Waals surface area contributed by atoms with Crippen molar-refractivity contribution in [3.8, 4) is 0 Å². The van der Waals surface area contributed by atoms with Crippen LogP contribution in [0.4, 0.5) is 0 Å². The third-order valence-corrected chi connectivity index (χ3v) is 5.48. The van der Waals surface area contributed by atoms with Crippen molar-refractivity contribution in [1.82, 2.24) is 15.1 Å². The molecule has 0 saturated heterocycles. The molecule has 2 aliphatic rings. The molecule has 1 heterocycles. The maximum Gasteiger partial charge on any atom is 0.220 e. The van der Waals surface area contributed by atoms with Crippen molar-refractivity contribution in [1.29, 1.82) is 0 Å². The predicted octanol–water partition coefficient (Wildman–Crippen LogP) is 3.21. The lowest BCUT2D eigenvalue weighted by atomic mass is 9.86. The molecular formula is C17H27N3O. The second kappa shape index (κ2) is 5.82. The van der Waals surface area contributed by atoms with E-state index in [9.17, 15) is 4.79 Å². The Labute approximate surface area is 127 Å². The highest BCUT2D eigenvalue weighted by molar-refractivity contribution is 5.76. The Morgan fingerprint density at radius 1 is 1.48 bits per heavy atom. The van der Waals surface area contributed by atoms with E-state index in [0.29, 0.717) is 12.3 Å². The molecular weight excluding hydrogens is 262 g/mol. The number of fused-ring (bicyclic) bond motifs is 2. The van der Waals surface area contributed by atoms with Crippen molar-refractivity contribution in [3.63, 3.8) is 0 Å². The van der Waals surface area contributed by atoms with Crippen molar-refractivity contribution in [2.75, 3.05) is 0 Å². The van der Waals surface area contributed by atoms with Crippen LogP contribution >= 0.6 is 0 Å². The molecule has 2 aliphatic carbocycles. The molecule has 3 rings (SSSR count). The van der Waals surface area contributed by atoms with Crippen LogP contribution in [-0.2, 0) is 11.3 Å². The minimum Gasteiger partial charge on any atom is -0.349 e. The fourth-order valence-electron chi connectivity index (χ4n) is 4.36. The summed E-state index contributed by atoms with van der Waals surface area (Å²) in [5, 5.41) is 7.63. The quantitative estimate of drug-likeness (QED) is 0.904. The van der Waals surface area contributed by atoms with E-state index in [-0.39, 0.29) is 11.9 Å². The number of carbonyl (C=O) groups is 1. The van der Waals surface area contributed by atoms with Crippen LogP contribution < -0.4 is 5.32 Å². The Balaban J connectivity index is 1.55. The van der Waals surface area contributed by atoms with E-state index in [1.165, 1.54) is 25.7 Å². The Hall–Kier alpha value is -1.32. The number of amides is 1. The van der Waals surface area contributed by atoms with Crippen molar-refractivity contribution in [2.24, 2.45) is 17.8 Å². The second-order valence-electron chi connectivity index (χ2n) is 6.95. The molecule has 0 radical (unpaired) electrons. The largest absolute Gasteiger partial charge is 0.349 e. The first-order valence-electron chi connectivity index (χ1n) is 8.40. The van der Waals surface area contributed by atoms with E-state index in [1.54, 1.807) is 0 Å². The molecule has 4 atom stereocenters. The Morgan fingerprint density at radius 3 is 2.86 bits per heavy atom. The lowest BCUT2D eigenvalue weighted by molar-refractivity contribution is -0.123. The number of hydrogen-bond acceptors (Lipinski definition) is 2. The molecule has 116 valence electrons. The van der Waals surface area contributed by atoms with Gasteiger partial charge in [0.15, 0.2) is 0 Å². The van der Waals surface area contributed by atoms with Gasteiger partial charge in [0.25, 0.3) is 0 Å². The van der Waals surface area contributed by atoms with Crippen LogP contribution in [0, 0.1) is 24.7 Å². The lowest BCUT2D eigenvalue weighted by Crippen LogP contribution is -2.29. The fraction of sp³-hybridized carbons (Fsp3) is 0.765. The van der Waals surface area contributed by atoms with Gasteiger partial charge in [0, 0.05) is 24.7 Å². The van der Waals surface area contributed by atoms with Gasteiger partial charge in [-0.15, -0.1) is 0 Å². The van der Waals surface area contributed by atoms with Crippen LogP contribution in [-0.4, -0.2) is 15.7 Å². The highest BCUT2D eigenvalue weighted by atomic mass is 16.1. The van der Waals surface area contributed by atoms with Crippen molar-refractivity contribution in [2.45, 2.75) is 65.5 Å². The molecule has 0 aliphatic heterocycles. The molecule has 0 aromatic carbocycles. The fourth-order valence-corrected chi connectivity index (χ4v) is 4.36. The van der Waals surface area contributed by atoms with E-state index in [4.69, 9.17) is 0 Å². The van der Waals surface area contributed by atoms with E-state index in [2.05, 4.69) is 30.5 Å². The SMILES string of the molecule is CCn1cc(C(C)NC(=O)CC2CC3CCC2C3)c(C)n1. The number of carbonyl (C=O) groups excluding carboxylic acids is 1. The first kappa shape index (κ1) is 14.6. The first-order chi connectivity index (χ1) is 10.1. The van der Waals surface area contributed by atoms with Crippen LogP contribution in [0.1, 0.15) is 63.3 Å². The Kier molecular flexibility index (Phi) is 4.05. The molecule has 21 heavy (non-hydrogen) atoms. The van der Waals surface area contributed by atoms with Gasteiger partial charge in [-0.1, -0.05) is 6.42 Å². The average molecular weight is 289 g/mol. The molecule has 1 aromatic heterocycles. The van der Waals surface area contributed by atoms with Gasteiger partial charge in [-0.2, -0.15) is 5.10 Å². The van der Waals surface area contributed by atoms with Gasteiger partial charge in [-0.05, 0) is 57.8 Å². The molecule has 0 spiro atoms. The summed E-state index contributed by atoms with van der Waals surface area (Å²) in [4.78, 5) is 12.3. The molecule has 1 aromatic rings. The highest BCUT2D eigenvalue weighted by Crippen LogP contribution is 2.49. The maximum atomic E-state index is 12.3. The molecule has 2 fully saturated rings. The summed E-state index contributed by atoms with van der Waals surface area (Å²) in [6, 6.07) is 0.0522. The van der Waals surface area contributed by atoms with E-state index >= 15 is 0 Å². The maximum absolute atomic E-state index is 12.3. The number of hydrogen-bond donors (Lipinski definition) is 1. The number of aryl methyl sites for hydroxylation is 2.